The zero-order chi connectivity index (χ0) is 16.4. The number of hydrogen-bond acceptors (Lipinski definition) is 5. The molecule has 2 saturated heterocycles. The molecule has 0 saturated carbocycles. The predicted molar refractivity (Wildman–Crippen MR) is 95.1 cm³/mol. The number of likely N-dealkylation sites (tertiary alicyclic amines) is 1. The third-order valence-corrected chi connectivity index (χ3v) is 5.70. The van der Waals surface area contributed by atoms with E-state index < -0.39 is 0 Å². The van der Waals surface area contributed by atoms with Crippen molar-refractivity contribution < 1.29 is 9.47 Å². The van der Waals surface area contributed by atoms with Gasteiger partial charge in [-0.25, -0.2) is 0 Å². The van der Waals surface area contributed by atoms with Gasteiger partial charge < -0.3 is 9.47 Å². The maximum Gasteiger partial charge on any atom is 0.0959 e. The topological polar surface area (TPSA) is 34.6 Å². The molecule has 5 heteroatoms. The second-order valence-electron chi connectivity index (χ2n) is 6.95. The number of hydrogen-bond donors (Lipinski definition) is 0. The van der Waals surface area contributed by atoms with Crippen molar-refractivity contribution in [3.05, 3.63) is 52.0 Å². The fourth-order valence-corrected chi connectivity index (χ4v) is 4.48. The van der Waals surface area contributed by atoms with Crippen LogP contribution >= 0.6 is 11.3 Å². The molecule has 2 aliphatic rings. The predicted octanol–water partition coefficient (Wildman–Crippen LogP) is 3.40. The maximum atomic E-state index is 6.14. The van der Waals surface area contributed by atoms with E-state index in [1.54, 1.807) is 0 Å². The first-order valence-corrected chi connectivity index (χ1v) is 9.52. The summed E-state index contributed by atoms with van der Waals surface area (Å²) < 4.78 is 12.3. The van der Waals surface area contributed by atoms with Crippen molar-refractivity contribution in [3.63, 3.8) is 0 Å². The van der Waals surface area contributed by atoms with Crippen LogP contribution in [0.5, 0.6) is 0 Å². The molecular formula is C19H24N2O2S. The first-order chi connectivity index (χ1) is 11.7. The normalized spacial score (nSPS) is 23.3. The highest BCUT2D eigenvalue weighted by Gasteiger charge is 2.47. The van der Waals surface area contributed by atoms with Gasteiger partial charge in [0.15, 0.2) is 0 Å². The molecular weight excluding hydrogens is 320 g/mol. The van der Waals surface area contributed by atoms with Gasteiger partial charge in [0, 0.05) is 43.2 Å². The van der Waals surface area contributed by atoms with E-state index >= 15 is 0 Å². The van der Waals surface area contributed by atoms with Crippen molar-refractivity contribution in [2.75, 3.05) is 19.7 Å². The van der Waals surface area contributed by atoms with E-state index in [2.05, 4.69) is 27.4 Å². The molecule has 4 nitrogen and oxygen atoms in total. The lowest BCUT2D eigenvalue weighted by Crippen LogP contribution is -2.65. The standard InChI is InChI=1S/C19H24N2O2S/c1-15-4-2-5-16(20-15)12-22-17-7-8-23-19(10-17)13-21(14-19)11-18-6-3-9-24-18/h2-6,9,17H,7-8,10-14H2,1H3/t17-/m1/s1. The molecule has 2 aromatic heterocycles. The number of aryl methyl sites for hydroxylation is 1. The minimum Gasteiger partial charge on any atom is -0.372 e. The van der Waals surface area contributed by atoms with Crippen LogP contribution in [0.3, 0.4) is 0 Å². The first-order valence-electron chi connectivity index (χ1n) is 8.64. The van der Waals surface area contributed by atoms with Crippen LogP contribution < -0.4 is 0 Å². The van der Waals surface area contributed by atoms with Gasteiger partial charge in [0.1, 0.15) is 0 Å². The van der Waals surface area contributed by atoms with Crippen LogP contribution in [-0.2, 0) is 22.6 Å². The van der Waals surface area contributed by atoms with Gasteiger partial charge in [-0.15, -0.1) is 11.3 Å². The van der Waals surface area contributed by atoms with Crippen molar-refractivity contribution in [3.8, 4) is 0 Å². The van der Waals surface area contributed by atoms with Crippen molar-refractivity contribution in [2.24, 2.45) is 0 Å². The molecule has 0 N–H and O–H groups in total. The highest BCUT2D eigenvalue weighted by atomic mass is 32.1. The summed E-state index contributed by atoms with van der Waals surface area (Å²) in [6.45, 7) is 6.51. The Hall–Kier alpha value is -1.27. The lowest BCUT2D eigenvalue weighted by molar-refractivity contribution is -0.200. The monoisotopic (exact) mass is 344 g/mol. The van der Waals surface area contributed by atoms with Crippen molar-refractivity contribution in [1.82, 2.24) is 9.88 Å². The first kappa shape index (κ1) is 16.2. The number of nitrogens with zero attached hydrogens (tertiary/aromatic N) is 2. The van der Waals surface area contributed by atoms with Gasteiger partial charge in [-0.2, -0.15) is 0 Å². The van der Waals surface area contributed by atoms with Crippen LogP contribution in [0, 0.1) is 6.92 Å². The Labute approximate surface area is 147 Å². The second kappa shape index (κ2) is 6.92. The highest BCUT2D eigenvalue weighted by molar-refractivity contribution is 7.09. The summed E-state index contributed by atoms with van der Waals surface area (Å²) in [5.41, 5.74) is 2.08. The van der Waals surface area contributed by atoms with Crippen LogP contribution in [0.25, 0.3) is 0 Å². The van der Waals surface area contributed by atoms with Gasteiger partial charge in [-0.1, -0.05) is 12.1 Å². The van der Waals surface area contributed by atoms with Crippen molar-refractivity contribution >= 4 is 11.3 Å². The van der Waals surface area contributed by atoms with E-state index in [1.165, 1.54) is 4.88 Å². The second-order valence-corrected chi connectivity index (χ2v) is 7.98. The Morgan fingerprint density at radius 1 is 1.33 bits per heavy atom. The summed E-state index contributed by atoms with van der Waals surface area (Å²) in [6, 6.07) is 10.4. The van der Waals surface area contributed by atoms with Crippen molar-refractivity contribution in [2.45, 2.75) is 44.6 Å². The van der Waals surface area contributed by atoms with E-state index in [4.69, 9.17) is 9.47 Å². The van der Waals surface area contributed by atoms with E-state index in [0.717, 1.165) is 50.5 Å². The summed E-state index contributed by atoms with van der Waals surface area (Å²) in [7, 11) is 0. The molecule has 0 aromatic carbocycles. The fraction of sp³-hybridized carbons (Fsp3) is 0.526. The summed E-state index contributed by atoms with van der Waals surface area (Å²) >= 11 is 1.83. The molecule has 128 valence electrons. The average Bonchev–Trinajstić information content (AvgIpc) is 3.05. The minimum atomic E-state index is 0.0141. The van der Waals surface area contributed by atoms with Gasteiger partial charge in [-0.05, 0) is 36.9 Å². The van der Waals surface area contributed by atoms with Crippen LogP contribution in [0.4, 0.5) is 0 Å². The Balaban J connectivity index is 1.27. The van der Waals surface area contributed by atoms with Gasteiger partial charge in [-0.3, -0.25) is 9.88 Å². The lowest BCUT2D eigenvalue weighted by atomic mass is 9.84. The molecule has 0 aliphatic carbocycles. The Morgan fingerprint density at radius 3 is 3.04 bits per heavy atom. The van der Waals surface area contributed by atoms with Gasteiger partial charge in [0.2, 0.25) is 0 Å². The third kappa shape index (κ3) is 3.70. The molecule has 0 amide bonds. The third-order valence-electron chi connectivity index (χ3n) is 4.84. The number of pyridine rings is 1. The molecule has 0 bridgehead atoms. The van der Waals surface area contributed by atoms with E-state index in [9.17, 15) is 0 Å². The zero-order valence-electron chi connectivity index (χ0n) is 14.1. The van der Waals surface area contributed by atoms with E-state index in [-0.39, 0.29) is 11.7 Å². The molecule has 1 spiro atoms. The molecule has 0 unspecified atom stereocenters. The van der Waals surface area contributed by atoms with Crippen LogP contribution in [0.2, 0.25) is 0 Å². The SMILES string of the molecule is Cc1cccc(CO[C@@H]2CCOC3(C2)CN(Cc2cccs2)C3)n1. The summed E-state index contributed by atoms with van der Waals surface area (Å²) in [4.78, 5) is 8.42. The largest absolute Gasteiger partial charge is 0.372 e. The molecule has 2 fully saturated rings. The fourth-order valence-electron chi connectivity index (χ4n) is 3.73. The van der Waals surface area contributed by atoms with Crippen LogP contribution in [-0.4, -0.2) is 41.3 Å². The van der Waals surface area contributed by atoms with E-state index in [1.807, 2.05) is 36.5 Å². The number of rotatable bonds is 5. The molecule has 4 heterocycles. The molecule has 2 aliphatic heterocycles. The van der Waals surface area contributed by atoms with Crippen LogP contribution in [0.1, 0.15) is 29.1 Å². The highest BCUT2D eigenvalue weighted by Crippen LogP contribution is 2.36. The Kier molecular flexibility index (Phi) is 4.68. The number of aromatic nitrogens is 1. The number of thiophene rings is 1. The smallest absolute Gasteiger partial charge is 0.0959 e. The zero-order valence-corrected chi connectivity index (χ0v) is 14.9. The average molecular weight is 344 g/mol. The Morgan fingerprint density at radius 2 is 2.25 bits per heavy atom. The molecule has 0 radical (unpaired) electrons. The number of ether oxygens (including phenoxy) is 2. The van der Waals surface area contributed by atoms with Gasteiger partial charge in [0.25, 0.3) is 0 Å². The Bertz CT molecular complexity index is 668. The quantitative estimate of drug-likeness (QED) is 0.833. The minimum absolute atomic E-state index is 0.0141. The molecule has 4 rings (SSSR count). The summed E-state index contributed by atoms with van der Waals surface area (Å²) in [6.07, 6.45) is 2.27. The molecule has 1 atom stereocenters. The van der Waals surface area contributed by atoms with Gasteiger partial charge >= 0.3 is 0 Å². The van der Waals surface area contributed by atoms with Crippen molar-refractivity contribution in [1.29, 1.82) is 0 Å². The molecule has 24 heavy (non-hydrogen) atoms. The summed E-state index contributed by atoms with van der Waals surface area (Å²) in [5, 5.41) is 2.14. The van der Waals surface area contributed by atoms with E-state index in [0.29, 0.717) is 6.61 Å². The molecule has 2 aromatic rings. The maximum absolute atomic E-state index is 6.14. The summed E-state index contributed by atoms with van der Waals surface area (Å²) in [5.74, 6) is 0. The lowest BCUT2D eigenvalue weighted by Gasteiger charge is -2.53. The van der Waals surface area contributed by atoms with Gasteiger partial charge in [0.05, 0.1) is 24.0 Å². The van der Waals surface area contributed by atoms with Crippen LogP contribution in [0.15, 0.2) is 35.7 Å².